The van der Waals surface area contributed by atoms with E-state index < -0.39 is 0 Å². The molecule has 0 saturated heterocycles. The number of likely N-dealkylation sites (N-methyl/N-ethyl adjacent to an activating group) is 1. The van der Waals surface area contributed by atoms with Crippen molar-refractivity contribution in [2.24, 2.45) is 13.0 Å². The minimum Gasteiger partial charge on any atom is -0.374 e. The summed E-state index contributed by atoms with van der Waals surface area (Å²) in [6.45, 7) is 5.28. The maximum absolute atomic E-state index is 6.29. The molecule has 4 nitrogen and oxygen atoms in total. The van der Waals surface area contributed by atoms with Crippen molar-refractivity contribution in [3.63, 3.8) is 0 Å². The number of rotatable bonds is 7. The molecule has 1 fully saturated rings. The Morgan fingerprint density at radius 1 is 1.48 bits per heavy atom. The molecule has 4 heteroatoms. The average molecular weight is 293 g/mol. The highest BCUT2D eigenvalue weighted by Gasteiger charge is 2.41. The fourth-order valence-corrected chi connectivity index (χ4v) is 3.74. The third-order valence-corrected chi connectivity index (χ3v) is 5.15. The van der Waals surface area contributed by atoms with E-state index >= 15 is 0 Å². The van der Waals surface area contributed by atoms with E-state index in [4.69, 9.17) is 4.74 Å². The maximum atomic E-state index is 6.29. The summed E-state index contributed by atoms with van der Waals surface area (Å²) in [6, 6.07) is 2.53. The van der Waals surface area contributed by atoms with Crippen molar-refractivity contribution >= 4 is 0 Å². The van der Waals surface area contributed by atoms with Crippen LogP contribution in [0.1, 0.15) is 51.6 Å². The Labute approximate surface area is 129 Å². The highest BCUT2D eigenvalue weighted by atomic mass is 16.5. The number of ether oxygens (including phenoxy) is 1. The molecule has 0 spiro atoms. The second kappa shape index (κ2) is 7.41. The summed E-state index contributed by atoms with van der Waals surface area (Å²) in [5, 5.41) is 7.80. The molecule has 1 aromatic rings. The fourth-order valence-electron chi connectivity index (χ4n) is 3.74. The number of aryl methyl sites for hydroxylation is 2. The third-order valence-electron chi connectivity index (χ3n) is 5.15. The van der Waals surface area contributed by atoms with Gasteiger partial charge in [0.15, 0.2) is 0 Å². The molecular formula is C17H31N3O. The fraction of sp³-hybridized carbons (Fsp3) is 0.824. The van der Waals surface area contributed by atoms with Crippen LogP contribution < -0.4 is 5.32 Å². The van der Waals surface area contributed by atoms with Gasteiger partial charge in [0.25, 0.3) is 0 Å². The summed E-state index contributed by atoms with van der Waals surface area (Å²) in [7, 11) is 4.09. The van der Waals surface area contributed by atoms with Gasteiger partial charge in [0.1, 0.15) is 0 Å². The Bertz CT molecular complexity index is 421. The molecule has 1 heterocycles. The molecule has 0 bridgehead atoms. The molecule has 0 aliphatic heterocycles. The van der Waals surface area contributed by atoms with Crippen LogP contribution in [0.5, 0.6) is 0 Å². The molecule has 1 aliphatic carbocycles. The Hall–Kier alpha value is -0.870. The molecule has 0 amide bonds. The smallest absolute Gasteiger partial charge is 0.0834 e. The summed E-state index contributed by atoms with van der Waals surface area (Å²) in [5.74, 6) is 0.841. The number of hydrogen-bond acceptors (Lipinski definition) is 3. The second-order valence-corrected chi connectivity index (χ2v) is 6.51. The number of nitrogens with zero attached hydrogens (tertiary/aromatic N) is 2. The van der Waals surface area contributed by atoms with Crippen molar-refractivity contribution in [1.82, 2.24) is 15.1 Å². The van der Waals surface area contributed by atoms with Crippen LogP contribution in [0.3, 0.4) is 0 Å². The van der Waals surface area contributed by atoms with Crippen LogP contribution in [0, 0.1) is 5.92 Å². The molecule has 1 aromatic heterocycles. The predicted octanol–water partition coefficient (Wildman–Crippen LogP) is 2.93. The normalized spacial score (nSPS) is 27.7. The van der Waals surface area contributed by atoms with E-state index in [0.29, 0.717) is 6.04 Å². The monoisotopic (exact) mass is 293 g/mol. The Morgan fingerprint density at radius 3 is 2.71 bits per heavy atom. The molecule has 1 unspecified atom stereocenters. The summed E-state index contributed by atoms with van der Waals surface area (Å²) in [4.78, 5) is 0. The van der Waals surface area contributed by atoms with Crippen LogP contribution in [0.2, 0.25) is 0 Å². The summed E-state index contributed by atoms with van der Waals surface area (Å²) < 4.78 is 8.26. The molecule has 0 aromatic carbocycles. The van der Waals surface area contributed by atoms with Gasteiger partial charge in [-0.15, -0.1) is 0 Å². The molecule has 1 N–H and O–H groups in total. The average Bonchev–Trinajstić information content (AvgIpc) is 2.88. The molecular weight excluding hydrogens is 262 g/mol. The van der Waals surface area contributed by atoms with Crippen molar-refractivity contribution in [2.45, 2.75) is 64.0 Å². The standard InChI is InChI=1S/C17H31N3O/c1-5-21-17(11-8-14(2)9-12-17)16(18-3)7-6-15-10-13-19-20(15)4/h10,13-14,16,18H,5-9,11-12H2,1-4H3. The van der Waals surface area contributed by atoms with Crippen molar-refractivity contribution in [3.8, 4) is 0 Å². The van der Waals surface area contributed by atoms with E-state index in [9.17, 15) is 0 Å². The Kier molecular flexibility index (Phi) is 5.82. The van der Waals surface area contributed by atoms with Crippen LogP contribution in [0.25, 0.3) is 0 Å². The first-order valence-corrected chi connectivity index (χ1v) is 8.39. The third kappa shape index (κ3) is 3.86. The predicted molar refractivity (Wildman–Crippen MR) is 86.4 cm³/mol. The zero-order valence-electron chi connectivity index (χ0n) is 14.1. The molecule has 2 rings (SSSR count). The molecule has 120 valence electrons. The molecule has 1 saturated carbocycles. The van der Waals surface area contributed by atoms with Gasteiger partial charge in [-0.05, 0) is 64.5 Å². The van der Waals surface area contributed by atoms with E-state index in [0.717, 1.165) is 25.4 Å². The van der Waals surface area contributed by atoms with Crippen LogP contribution in [0.4, 0.5) is 0 Å². The van der Waals surface area contributed by atoms with Gasteiger partial charge in [-0.1, -0.05) is 6.92 Å². The molecule has 0 radical (unpaired) electrons. The Balaban J connectivity index is 2.03. The van der Waals surface area contributed by atoms with Crippen LogP contribution >= 0.6 is 0 Å². The van der Waals surface area contributed by atoms with Gasteiger partial charge in [-0.25, -0.2) is 0 Å². The lowest BCUT2D eigenvalue weighted by Crippen LogP contribution is -2.53. The molecule has 1 aliphatic rings. The van der Waals surface area contributed by atoms with E-state index in [1.54, 1.807) is 0 Å². The van der Waals surface area contributed by atoms with Gasteiger partial charge in [0.05, 0.1) is 5.60 Å². The van der Waals surface area contributed by atoms with Gasteiger partial charge in [-0.2, -0.15) is 5.10 Å². The van der Waals surface area contributed by atoms with Crippen LogP contribution in [-0.2, 0) is 18.2 Å². The first-order chi connectivity index (χ1) is 10.1. The van der Waals surface area contributed by atoms with Gasteiger partial charge < -0.3 is 10.1 Å². The minimum atomic E-state index is 0.0224. The van der Waals surface area contributed by atoms with Gasteiger partial charge in [-0.3, -0.25) is 4.68 Å². The SMILES string of the molecule is CCOC1(C(CCc2ccnn2C)NC)CCC(C)CC1. The van der Waals surface area contributed by atoms with E-state index in [-0.39, 0.29) is 5.60 Å². The molecule has 21 heavy (non-hydrogen) atoms. The summed E-state index contributed by atoms with van der Waals surface area (Å²) in [5.41, 5.74) is 1.32. The minimum absolute atomic E-state index is 0.0224. The highest BCUT2D eigenvalue weighted by Crippen LogP contribution is 2.38. The maximum Gasteiger partial charge on any atom is 0.0834 e. The second-order valence-electron chi connectivity index (χ2n) is 6.51. The quantitative estimate of drug-likeness (QED) is 0.840. The van der Waals surface area contributed by atoms with Crippen molar-refractivity contribution in [2.75, 3.05) is 13.7 Å². The van der Waals surface area contributed by atoms with Gasteiger partial charge in [0.2, 0.25) is 0 Å². The van der Waals surface area contributed by atoms with E-state index in [2.05, 4.69) is 37.4 Å². The molecule has 1 atom stereocenters. The topological polar surface area (TPSA) is 39.1 Å². The van der Waals surface area contributed by atoms with Crippen LogP contribution in [-0.4, -0.2) is 35.1 Å². The zero-order chi connectivity index (χ0) is 15.3. The lowest BCUT2D eigenvalue weighted by molar-refractivity contribution is -0.0963. The highest BCUT2D eigenvalue weighted by molar-refractivity contribution is 5.03. The largest absolute Gasteiger partial charge is 0.374 e. The van der Waals surface area contributed by atoms with Crippen LogP contribution in [0.15, 0.2) is 12.3 Å². The lowest BCUT2D eigenvalue weighted by atomic mass is 9.74. The van der Waals surface area contributed by atoms with Crippen molar-refractivity contribution in [3.05, 3.63) is 18.0 Å². The number of aromatic nitrogens is 2. The van der Waals surface area contributed by atoms with Crippen molar-refractivity contribution < 1.29 is 4.74 Å². The zero-order valence-corrected chi connectivity index (χ0v) is 14.1. The lowest BCUT2D eigenvalue weighted by Gasteiger charge is -2.45. The first kappa shape index (κ1) is 16.5. The van der Waals surface area contributed by atoms with E-state index in [1.165, 1.54) is 31.4 Å². The summed E-state index contributed by atoms with van der Waals surface area (Å²) in [6.07, 6.45) is 8.95. The van der Waals surface area contributed by atoms with E-state index in [1.807, 2.05) is 17.9 Å². The van der Waals surface area contributed by atoms with Gasteiger partial charge >= 0.3 is 0 Å². The first-order valence-electron chi connectivity index (χ1n) is 8.39. The van der Waals surface area contributed by atoms with Crippen molar-refractivity contribution in [1.29, 1.82) is 0 Å². The summed E-state index contributed by atoms with van der Waals surface area (Å²) >= 11 is 0. The number of hydrogen-bond donors (Lipinski definition) is 1. The Morgan fingerprint density at radius 2 is 2.19 bits per heavy atom. The number of nitrogens with one attached hydrogen (secondary N) is 1. The van der Waals surface area contributed by atoms with Gasteiger partial charge in [0, 0.05) is 31.6 Å².